The summed E-state index contributed by atoms with van der Waals surface area (Å²) in [5.41, 5.74) is -0.543. The lowest BCUT2D eigenvalue weighted by atomic mass is 10.1. The highest BCUT2D eigenvalue weighted by molar-refractivity contribution is 7.89. The van der Waals surface area contributed by atoms with Crippen LogP contribution in [0.2, 0.25) is 0 Å². The third kappa shape index (κ3) is 2.48. The second kappa shape index (κ2) is 4.77. The van der Waals surface area contributed by atoms with Gasteiger partial charge in [-0.3, -0.25) is 0 Å². The Balaban J connectivity index is 2.41. The van der Waals surface area contributed by atoms with Crippen LogP contribution in [0.25, 0.3) is 0 Å². The maximum absolute atomic E-state index is 12.7. The predicted octanol–water partition coefficient (Wildman–Crippen LogP) is 1.84. The Kier molecular flexibility index (Phi) is 3.59. The number of hydrogen-bond acceptors (Lipinski definition) is 4. The second-order valence-corrected chi connectivity index (χ2v) is 7.01. The normalized spacial score (nSPS) is 23.5. The second-order valence-electron chi connectivity index (χ2n) is 5.20. The van der Waals surface area contributed by atoms with Gasteiger partial charge in [0.1, 0.15) is 12.0 Å². The summed E-state index contributed by atoms with van der Waals surface area (Å²) in [6.45, 7) is 5.86. The smallest absolute Gasteiger partial charge is 0.245 e. The SMILES string of the molecule is COc1ccc(S(=O)(=O)N2C(C)OCC2(C)C)cc1. The summed E-state index contributed by atoms with van der Waals surface area (Å²) < 4.78 is 37.2. The topological polar surface area (TPSA) is 55.8 Å². The molecule has 1 saturated heterocycles. The molecule has 1 fully saturated rings. The van der Waals surface area contributed by atoms with Gasteiger partial charge in [-0.05, 0) is 45.0 Å². The number of nitrogens with zero attached hydrogens (tertiary/aromatic N) is 1. The van der Waals surface area contributed by atoms with Crippen LogP contribution >= 0.6 is 0 Å². The molecule has 5 nitrogen and oxygen atoms in total. The van der Waals surface area contributed by atoms with Gasteiger partial charge in [0, 0.05) is 0 Å². The Morgan fingerprint density at radius 3 is 2.32 bits per heavy atom. The number of methoxy groups -OCH3 is 1. The van der Waals surface area contributed by atoms with Crippen LogP contribution in [-0.4, -0.2) is 38.2 Å². The maximum Gasteiger partial charge on any atom is 0.245 e. The van der Waals surface area contributed by atoms with Gasteiger partial charge in [0.05, 0.1) is 24.2 Å². The first kappa shape index (κ1) is 14.3. The van der Waals surface area contributed by atoms with Gasteiger partial charge in [-0.25, -0.2) is 8.42 Å². The Bertz CT molecular complexity index is 551. The molecule has 0 saturated carbocycles. The van der Waals surface area contributed by atoms with Gasteiger partial charge in [-0.15, -0.1) is 0 Å². The van der Waals surface area contributed by atoms with E-state index in [0.29, 0.717) is 12.4 Å². The van der Waals surface area contributed by atoms with Crippen LogP contribution in [0.15, 0.2) is 29.2 Å². The summed E-state index contributed by atoms with van der Waals surface area (Å²) in [5.74, 6) is 0.629. The van der Waals surface area contributed by atoms with E-state index in [1.807, 2.05) is 13.8 Å². The molecule has 1 unspecified atom stereocenters. The molecule has 0 spiro atoms. The van der Waals surface area contributed by atoms with Crippen molar-refractivity contribution < 1.29 is 17.9 Å². The van der Waals surface area contributed by atoms with Crippen molar-refractivity contribution in [3.05, 3.63) is 24.3 Å². The first-order valence-electron chi connectivity index (χ1n) is 6.09. The minimum Gasteiger partial charge on any atom is -0.497 e. The molecule has 1 aliphatic heterocycles. The lowest BCUT2D eigenvalue weighted by Crippen LogP contribution is -2.47. The zero-order chi connectivity index (χ0) is 14.3. The molecule has 106 valence electrons. The van der Waals surface area contributed by atoms with E-state index in [4.69, 9.17) is 9.47 Å². The van der Waals surface area contributed by atoms with Crippen LogP contribution in [0.3, 0.4) is 0 Å². The molecule has 1 aromatic rings. The quantitative estimate of drug-likeness (QED) is 0.850. The fourth-order valence-corrected chi connectivity index (χ4v) is 4.19. The third-order valence-corrected chi connectivity index (χ3v) is 5.40. The van der Waals surface area contributed by atoms with E-state index in [0.717, 1.165) is 0 Å². The molecule has 0 aromatic heterocycles. The van der Waals surface area contributed by atoms with E-state index < -0.39 is 21.8 Å². The van der Waals surface area contributed by atoms with Crippen LogP contribution < -0.4 is 4.74 Å². The summed E-state index contributed by atoms with van der Waals surface area (Å²) in [4.78, 5) is 0.249. The summed E-state index contributed by atoms with van der Waals surface area (Å²) in [6.07, 6.45) is -0.456. The molecule has 2 rings (SSSR count). The molecule has 1 aliphatic rings. The van der Waals surface area contributed by atoms with Crippen molar-refractivity contribution in [1.82, 2.24) is 4.31 Å². The average Bonchev–Trinajstić information content (AvgIpc) is 2.64. The molecule has 0 bridgehead atoms. The van der Waals surface area contributed by atoms with Crippen molar-refractivity contribution in [3.8, 4) is 5.75 Å². The van der Waals surface area contributed by atoms with E-state index in [1.165, 1.54) is 4.31 Å². The predicted molar refractivity (Wildman–Crippen MR) is 71.5 cm³/mol. The first-order valence-corrected chi connectivity index (χ1v) is 7.53. The van der Waals surface area contributed by atoms with Crippen LogP contribution in [0.4, 0.5) is 0 Å². The Labute approximate surface area is 114 Å². The Morgan fingerprint density at radius 1 is 1.32 bits per heavy atom. The van der Waals surface area contributed by atoms with Crippen molar-refractivity contribution in [1.29, 1.82) is 0 Å². The minimum absolute atomic E-state index is 0.249. The lowest BCUT2D eigenvalue weighted by molar-refractivity contribution is 0.0843. The zero-order valence-corrected chi connectivity index (χ0v) is 12.4. The van der Waals surface area contributed by atoms with Crippen molar-refractivity contribution >= 4 is 10.0 Å². The van der Waals surface area contributed by atoms with Crippen molar-refractivity contribution in [2.45, 2.75) is 37.4 Å². The van der Waals surface area contributed by atoms with Crippen molar-refractivity contribution in [3.63, 3.8) is 0 Å². The molecule has 6 heteroatoms. The molecular formula is C13H19NO4S. The van der Waals surface area contributed by atoms with Gasteiger partial charge in [0.15, 0.2) is 0 Å². The maximum atomic E-state index is 12.7. The molecule has 0 radical (unpaired) electrons. The van der Waals surface area contributed by atoms with E-state index in [-0.39, 0.29) is 4.90 Å². The highest BCUT2D eigenvalue weighted by atomic mass is 32.2. The van der Waals surface area contributed by atoms with Crippen LogP contribution in [0, 0.1) is 0 Å². The Morgan fingerprint density at radius 2 is 1.89 bits per heavy atom. The molecule has 0 aliphatic carbocycles. The van der Waals surface area contributed by atoms with E-state index in [1.54, 1.807) is 38.3 Å². The molecule has 0 amide bonds. The van der Waals surface area contributed by atoms with Crippen molar-refractivity contribution in [2.24, 2.45) is 0 Å². The molecule has 1 atom stereocenters. The lowest BCUT2D eigenvalue weighted by Gasteiger charge is -2.30. The highest BCUT2D eigenvalue weighted by Crippen LogP contribution is 2.33. The van der Waals surface area contributed by atoms with E-state index >= 15 is 0 Å². The number of rotatable bonds is 3. The number of sulfonamides is 1. The van der Waals surface area contributed by atoms with Crippen LogP contribution in [-0.2, 0) is 14.8 Å². The summed E-state index contributed by atoms with van der Waals surface area (Å²) in [7, 11) is -2.02. The first-order chi connectivity index (χ1) is 8.79. The van der Waals surface area contributed by atoms with Crippen molar-refractivity contribution in [2.75, 3.05) is 13.7 Å². The average molecular weight is 285 g/mol. The molecule has 19 heavy (non-hydrogen) atoms. The standard InChI is InChI=1S/C13H19NO4S/c1-10-14(13(2,3)9-18-10)19(15,16)12-7-5-11(17-4)6-8-12/h5-8,10H,9H2,1-4H3. The van der Waals surface area contributed by atoms with Crippen LogP contribution in [0.1, 0.15) is 20.8 Å². The fourth-order valence-electron chi connectivity index (χ4n) is 2.33. The van der Waals surface area contributed by atoms with Gasteiger partial charge < -0.3 is 9.47 Å². The van der Waals surface area contributed by atoms with Gasteiger partial charge in [-0.2, -0.15) is 4.31 Å². The monoisotopic (exact) mass is 285 g/mol. The number of ether oxygens (including phenoxy) is 2. The fraction of sp³-hybridized carbons (Fsp3) is 0.538. The highest BCUT2D eigenvalue weighted by Gasteiger charge is 2.46. The van der Waals surface area contributed by atoms with Crippen LogP contribution in [0.5, 0.6) is 5.75 Å². The van der Waals surface area contributed by atoms with E-state index in [2.05, 4.69) is 0 Å². The zero-order valence-electron chi connectivity index (χ0n) is 11.6. The summed E-state index contributed by atoms with van der Waals surface area (Å²) in [6, 6.07) is 6.38. The largest absolute Gasteiger partial charge is 0.497 e. The summed E-state index contributed by atoms with van der Waals surface area (Å²) in [5, 5.41) is 0. The summed E-state index contributed by atoms with van der Waals surface area (Å²) >= 11 is 0. The minimum atomic E-state index is -3.57. The van der Waals surface area contributed by atoms with E-state index in [9.17, 15) is 8.42 Å². The molecule has 1 heterocycles. The number of hydrogen-bond donors (Lipinski definition) is 0. The molecule has 1 aromatic carbocycles. The van der Waals surface area contributed by atoms with Gasteiger partial charge in [0.2, 0.25) is 10.0 Å². The Hall–Kier alpha value is -1.11. The molecular weight excluding hydrogens is 266 g/mol. The third-order valence-electron chi connectivity index (χ3n) is 3.22. The number of benzene rings is 1. The van der Waals surface area contributed by atoms with Gasteiger partial charge >= 0.3 is 0 Å². The van der Waals surface area contributed by atoms with Gasteiger partial charge in [0.25, 0.3) is 0 Å². The molecule has 0 N–H and O–H groups in total. The van der Waals surface area contributed by atoms with Gasteiger partial charge in [-0.1, -0.05) is 0 Å².